The number of hydrogen-bond donors (Lipinski definition) is 2. The van der Waals surface area contributed by atoms with Crippen LogP contribution in [-0.2, 0) is 13.2 Å². The van der Waals surface area contributed by atoms with Crippen LogP contribution in [0.4, 0.5) is 5.69 Å². The van der Waals surface area contributed by atoms with E-state index in [4.69, 9.17) is 25.6 Å². The number of fused-ring (bicyclic) bond motifs is 1. The number of hydrogen-bond acceptors (Lipinski definition) is 7. The minimum absolute atomic E-state index is 0.0568. The molecule has 0 spiro atoms. The number of ether oxygens (including phenoxy) is 2. The minimum atomic E-state index is -0.451. The van der Waals surface area contributed by atoms with Crippen LogP contribution in [0.3, 0.4) is 0 Å². The number of anilines is 1. The van der Waals surface area contributed by atoms with E-state index in [0.29, 0.717) is 47.1 Å². The van der Waals surface area contributed by atoms with Crippen molar-refractivity contribution >= 4 is 17.3 Å². The fourth-order valence-electron chi connectivity index (χ4n) is 2.59. The molecule has 2 heterocycles. The Labute approximate surface area is 154 Å². The number of benzene rings is 2. The van der Waals surface area contributed by atoms with Crippen molar-refractivity contribution in [2.45, 2.75) is 19.3 Å². The van der Waals surface area contributed by atoms with E-state index in [1.165, 1.54) is 0 Å². The molecule has 8 heteroatoms. The lowest BCUT2D eigenvalue weighted by molar-refractivity contribution is 0.0665. The topological polar surface area (TPSA) is 89.6 Å². The number of nitrogens with one attached hydrogen (secondary N) is 1. The molecule has 2 N–H and O–H groups in total. The van der Waals surface area contributed by atoms with Gasteiger partial charge in [-0.05, 0) is 29.8 Å². The minimum Gasteiger partial charge on any atom is -0.485 e. The van der Waals surface area contributed by atoms with Crippen molar-refractivity contribution in [1.29, 1.82) is 0 Å². The third kappa shape index (κ3) is 3.44. The molecule has 0 amide bonds. The molecular formula is C18H16ClN3O4. The molecule has 0 saturated carbocycles. The second kappa shape index (κ2) is 7.23. The first-order valence-corrected chi connectivity index (χ1v) is 8.45. The Morgan fingerprint density at radius 3 is 2.88 bits per heavy atom. The predicted molar refractivity (Wildman–Crippen MR) is 94.3 cm³/mol. The van der Waals surface area contributed by atoms with Gasteiger partial charge in [0.1, 0.15) is 6.61 Å². The molecule has 0 saturated heterocycles. The first-order valence-electron chi connectivity index (χ1n) is 8.07. The van der Waals surface area contributed by atoms with Crippen molar-refractivity contribution in [2.75, 3.05) is 11.9 Å². The molecule has 3 aromatic rings. The van der Waals surface area contributed by atoms with E-state index in [1.807, 2.05) is 24.3 Å². The van der Waals surface area contributed by atoms with Crippen molar-refractivity contribution < 1.29 is 19.1 Å². The Kier molecular flexibility index (Phi) is 4.64. The van der Waals surface area contributed by atoms with Crippen molar-refractivity contribution in [3.63, 3.8) is 0 Å². The molecule has 2 aromatic carbocycles. The molecule has 134 valence electrons. The molecule has 1 aromatic heterocycles. The van der Waals surface area contributed by atoms with E-state index >= 15 is 0 Å². The average molecular weight is 374 g/mol. The van der Waals surface area contributed by atoms with Crippen LogP contribution in [0.15, 0.2) is 47.0 Å². The molecule has 0 fully saturated rings. The summed E-state index contributed by atoms with van der Waals surface area (Å²) in [5, 5.41) is 16.9. The molecule has 0 aliphatic carbocycles. The molecule has 1 atom stereocenters. The van der Waals surface area contributed by atoms with E-state index in [2.05, 4.69) is 15.5 Å². The second-order valence-corrected chi connectivity index (χ2v) is 6.15. The second-order valence-electron chi connectivity index (χ2n) is 5.74. The van der Waals surface area contributed by atoms with E-state index in [-0.39, 0.29) is 6.61 Å². The predicted octanol–water partition coefficient (Wildman–Crippen LogP) is 3.34. The summed E-state index contributed by atoms with van der Waals surface area (Å²) in [5.41, 5.74) is 1.45. The number of para-hydroxylation sites is 2. The summed E-state index contributed by atoms with van der Waals surface area (Å²) in [7, 11) is 0. The Balaban J connectivity index is 1.43. The van der Waals surface area contributed by atoms with Crippen molar-refractivity contribution in [2.24, 2.45) is 0 Å². The molecule has 1 unspecified atom stereocenters. The molecular weight excluding hydrogens is 358 g/mol. The summed E-state index contributed by atoms with van der Waals surface area (Å²) < 4.78 is 16.8. The van der Waals surface area contributed by atoms with Gasteiger partial charge in [0.15, 0.2) is 17.3 Å². The standard InChI is InChI=1S/C18H16ClN3O4/c19-12-6-5-11(9-23)7-13(12)20-8-17-21-18(26-22-17)16-10-24-14-3-1-2-4-15(14)25-16/h1-7,16,20,23H,8-10H2. The van der Waals surface area contributed by atoms with Crippen LogP contribution in [0, 0.1) is 0 Å². The van der Waals surface area contributed by atoms with E-state index in [9.17, 15) is 5.11 Å². The highest BCUT2D eigenvalue weighted by Gasteiger charge is 2.27. The quantitative estimate of drug-likeness (QED) is 0.708. The van der Waals surface area contributed by atoms with Gasteiger partial charge in [0, 0.05) is 0 Å². The summed E-state index contributed by atoms with van der Waals surface area (Å²) in [5.74, 6) is 2.16. The molecule has 26 heavy (non-hydrogen) atoms. The van der Waals surface area contributed by atoms with Gasteiger partial charge >= 0.3 is 0 Å². The zero-order valence-corrected chi connectivity index (χ0v) is 14.4. The van der Waals surface area contributed by atoms with Gasteiger partial charge in [0.2, 0.25) is 6.10 Å². The molecule has 1 aliphatic heterocycles. The number of halogens is 1. The van der Waals surface area contributed by atoms with Crippen molar-refractivity contribution in [3.8, 4) is 11.5 Å². The highest BCUT2D eigenvalue weighted by atomic mass is 35.5. The van der Waals surface area contributed by atoms with Gasteiger partial charge in [-0.25, -0.2) is 0 Å². The lowest BCUT2D eigenvalue weighted by Gasteiger charge is -2.23. The van der Waals surface area contributed by atoms with Crippen LogP contribution in [-0.4, -0.2) is 21.9 Å². The normalized spacial score (nSPS) is 15.7. The van der Waals surface area contributed by atoms with Gasteiger partial charge in [0.25, 0.3) is 5.89 Å². The van der Waals surface area contributed by atoms with Crippen LogP contribution in [0.1, 0.15) is 23.4 Å². The number of aliphatic hydroxyl groups excluding tert-OH is 1. The molecule has 7 nitrogen and oxygen atoms in total. The largest absolute Gasteiger partial charge is 0.485 e. The van der Waals surface area contributed by atoms with E-state index in [1.54, 1.807) is 18.2 Å². The van der Waals surface area contributed by atoms with Gasteiger partial charge in [-0.15, -0.1) is 0 Å². The number of aromatic nitrogens is 2. The summed E-state index contributed by atoms with van der Waals surface area (Å²) in [4.78, 5) is 4.36. The van der Waals surface area contributed by atoms with E-state index < -0.39 is 6.10 Å². The van der Waals surface area contributed by atoms with Gasteiger partial charge in [0.05, 0.1) is 23.9 Å². The fourth-order valence-corrected chi connectivity index (χ4v) is 2.78. The Hall–Kier alpha value is -2.77. The van der Waals surface area contributed by atoms with Crippen LogP contribution >= 0.6 is 11.6 Å². The van der Waals surface area contributed by atoms with Gasteiger partial charge in [-0.1, -0.05) is 35.0 Å². The van der Waals surface area contributed by atoms with Crippen LogP contribution in [0.2, 0.25) is 5.02 Å². The third-order valence-corrected chi connectivity index (χ3v) is 4.25. The SMILES string of the molecule is OCc1ccc(Cl)c(NCc2noc(C3COc4ccccc4O3)n2)c1. The third-order valence-electron chi connectivity index (χ3n) is 3.92. The molecule has 4 rings (SSSR count). The summed E-state index contributed by atoms with van der Waals surface area (Å²) in [6.07, 6.45) is -0.451. The van der Waals surface area contributed by atoms with Gasteiger partial charge < -0.3 is 24.4 Å². The zero-order chi connectivity index (χ0) is 17.9. The lowest BCUT2D eigenvalue weighted by Crippen LogP contribution is -2.21. The molecule has 0 bridgehead atoms. The van der Waals surface area contributed by atoms with E-state index in [0.717, 1.165) is 5.56 Å². The summed E-state index contributed by atoms with van der Waals surface area (Å²) >= 11 is 6.15. The maximum atomic E-state index is 9.22. The smallest absolute Gasteiger partial charge is 0.271 e. The van der Waals surface area contributed by atoms with Crippen molar-refractivity contribution in [3.05, 3.63) is 64.8 Å². The lowest BCUT2D eigenvalue weighted by atomic mass is 10.2. The number of nitrogens with zero attached hydrogens (tertiary/aromatic N) is 2. The molecule has 0 radical (unpaired) electrons. The van der Waals surface area contributed by atoms with Gasteiger partial charge in [-0.2, -0.15) is 4.98 Å². The molecule has 1 aliphatic rings. The highest BCUT2D eigenvalue weighted by Crippen LogP contribution is 2.35. The summed E-state index contributed by atoms with van der Waals surface area (Å²) in [6.45, 7) is 0.567. The first-order chi connectivity index (χ1) is 12.7. The van der Waals surface area contributed by atoms with Gasteiger partial charge in [-0.3, -0.25) is 0 Å². The first kappa shape index (κ1) is 16.7. The Morgan fingerprint density at radius 2 is 2.04 bits per heavy atom. The number of rotatable bonds is 5. The Morgan fingerprint density at radius 1 is 1.19 bits per heavy atom. The van der Waals surface area contributed by atoms with Crippen LogP contribution in [0.5, 0.6) is 11.5 Å². The zero-order valence-electron chi connectivity index (χ0n) is 13.7. The summed E-state index contributed by atoms with van der Waals surface area (Å²) in [6, 6.07) is 12.7. The highest BCUT2D eigenvalue weighted by molar-refractivity contribution is 6.33. The number of aliphatic hydroxyl groups is 1. The monoisotopic (exact) mass is 373 g/mol. The van der Waals surface area contributed by atoms with Crippen molar-refractivity contribution in [1.82, 2.24) is 10.1 Å². The van der Waals surface area contributed by atoms with Crippen LogP contribution < -0.4 is 14.8 Å². The van der Waals surface area contributed by atoms with Crippen LogP contribution in [0.25, 0.3) is 0 Å². The Bertz CT molecular complexity index is 915. The fraction of sp³-hybridized carbons (Fsp3) is 0.222. The maximum absolute atomic E-state index is 9.22. The maximum Gasteiger partial charge on any atom is 0.271 e. The average Bonchev–Trinajstić information content (AvgIpc) is 3.16.